The van der Waals surface area contributed by atoms with E-state index in [0.29, 0.717) is 31.3 Å². The summed E-state index contributed by atoms with van der Waals surface area (Å²) in [5, 5.41) is 10.9. The van der Waals surface area contributed by atoms with Crippen LogP contribution in [0.2, 0.25) is 5.02 Å². The standard InChI is InChI=1S/C18H27ClN2O4/c1-3-24-18(23)21-10-8-20(9-11-21)12-17(22)13-25-14(2)15-4-6-16(19)7-5-15/h4-7,14,17,22H,3,8-13H2,1-2H3/p+1/t14-,17-/m0/s1. The van der Waals surface area contributed by atoms with Crippen LogP contribution >= 0.6 is 11.6 Å². The second-order valence-corrected chi connectivity index (χ2v) is 6.76. The van der Waals surface area contributed by atoms with Crippen molar-refractivity contribution in [3.05, 3.63) is 34.9 Å². The lowest BCUT2D eigenvalue weighted by molar-refractivity contribution is -0.907. The molecule has 0 radical (unpaired) electrons. The van der Waals surface area contributed by atoms with Crippen LogP contribution in [-0.2, 0) is 9.47 Å². The minimum Gasteiger partial charge on any atom is -0.450 e. The quantitative estimate of drug-likeness (QED) is 0.754. The predicted octanol–water partition coefficient (Wildman–Crippen LogP) is 1.14. The molecule has 1 aliphatic rings. The summed E-state index contributed by atoms with van der Waals surface area (Å²) in [6, 6.07) is 7.53. The zero-order valence-electron chi connectivity index (χ0n) is 14.9. The molecule has 1 saturated heterocycles. The average Bonchev–Trinajstić information content (AvgIpc) is 2.61. The van der Waals surface area contributed by atoms with Crippen molar-refractivity contribution in [3.63, 3.8) is 0 Å². The number of nitrogens with zero attached hydrogens (tertiary/aromatic N) is 1. The van der Waals surface area contributed by atoms with Gasteiger partial charge in [0, 0.05) is 5.02 Å². The molecule has 25 heavy (non-hydrogen) atoms. The average molecular weight is 372 g/mol. The third-order valence-electron chi connectivity index (χ3n) is 4.40. The van der Waals surface area contributed by atoms with Crippen LogP contribution in [0.4, 0.5) is 4.79 Å². The highest BCUT2D eigenvalue weighted by Crippen LogP contribution is 2.19. The minimum atomic E-state index is -0.529. The number of amides is 1. The molecule has 2 N–H and O–H groups in total. The summed E-state index contributed by atoms with van der Waals surface area (Å²) >= 11 is 5.88. The number of benzene rings is 1. The molecule has 1 aliphatic heterocycles. The van der Waals surface area contributed by atoms with Crippen molar-refractivity contribution in [3.8, 4) is 0 Å². The van der Waals surface area contributed by atoms with Crippen LogP contribution < -0.4 is 4.90 Å². The van der Waals surface area contributed by atoms with Crippen molar-refractivity contribution in [1.29, 1.82) is 0 Å². The molecule has 2 rings (SSSR count). The predicted molar refractivity (Wildman–Crippen MR) is 96.0 cm³/mol. The van der Waals surface area contributed by atoms with Gasteiger partial charge in [0.25, 0.3) is 0 Å². The van der Waals surface area contributed by atoms with E-state index in [0.717, 1.165) is 18.7 Å². The number of carbonyl (C=O) groups excluding carboxylic acids is 1. The maximum atomic E-state index is 11.7. The van der Waals surface area contributed by atoms with Gasteiger partial charge in [-0.3, -0.25) is 4.90 Å². The Hall–Kier alpha value is -1.34. The van der Waals surface area contributed by atoms with Gasteiger partial charge in [0.15, 0.2) is 0 Å². The third kappa shape index (κ3) is 6.47. The molecular weight excluding hydrogens is 344 g/mol. The molecular formula is C18H28ClN2O4+. The SMILES string of the molecule is CCOC(=O)N1CC[NH+](C[C@H](O)CO[C@@H](C)c2ccc(Cl)cc2)CC1. The molecule has 1 fully saturated rings. The van der Waals surface area contributed by atoms with Gasteiger partial charge < -0.3 is 19.5 Å². The van der Waals surface area contributed by atoms with Crippen LogP contribution in [0.15, 0.2) is 24.3 Å². The molecule has 7 heteroatoms. The molecule has 6 nitrogen and oxygen atoms in total. The van der Waals surface area contributed by atoms with Crippen LogP contribution in [0.5, 0.6) is 0 Å². The molecule has 0 spiro atoms. The Kier molecular flexibility index (Phi) is 7.96. The summed E-state index contributed by atoms with van der Waals surface area (Å²) in [6.07, 6.45) is -0.872. The number of nitrogens with one attached hydrogen (secondary N) is 1. The van der Waals surface area contributed by atoms with E-state index in [4.69, 9.17) is 21.1 Å². The van der Waals surface area contributed by atoms with Gasteiger partial charge in [-0.1, -0.05) is 23.7 Å². The van der Waals surface area contributed by atoms with E-state index < -0.39 is 6.10 Å². The number of aliphatic hydroxyl groups is 1. The van der Waals surface area contributed by atoms with Crippen LogP contribution in [0.25, 0.3) is 0 Å². The molecule has 140 valence electrons. The smallest absolute Gasteiger partial charge is 0.410 e. The summed E-state index contributed by atoms with van der Waals surface area (Å²) in [4.78, 5) is 14.7. The second-order valence-electron chi connectivity index (χ2n) is 6.32. The fourth-order valence-corrected chi connectivity index (χ4v) is 3.03. The second kappa shape index (κ2) is 9.97. The van der Waals surface area contributed by atoms with Crippen LogP contribution in [0.3, 0.4) is 0 Å². The molecule has 1 amide bonds. The van der Waals surface area contributed by atoms with E-state index in [9.17, 15) is 9.90 Å². The first-order chi connectivity index (χ1) is 12.0. The van der Waals surface area contributed by atoms with Crippen molar-refractivity contribution in [2.24, 2.45) is 0 Å². The van der Waals surface area contributed by atoms with E-state index in [1.807, 2.05) is 31.2 Å². The summed E-state index contributed by atoms with van der Waals surface area (Å²) in [5.41, 5.74) is 1.03. The number of hydrogen-bond acceptors (Lipinski definition) is 4. The number of piperazine rings is 1. The molecule has 1 heterocycles. The molecule has 0 unspecified atom stereocenters. The molecule has 0 aliphatic carbocycles. The molecule has 1 aromatic carbocycles. The largest absolute Gasteiger partial charge is 0.450 e. The summed E-state index contributed by atoms with van der Waals surface area (Å²) in [7, 11) is 0. The maximum Gasteiger partial charge on any atom is 0.410 e. The minimum absolute atomic E-state index is 0.0948. The first-order valence-corrected chi connectivity index (χ1v) is 9.17. The summed E-state index contributed by atoms with van der Waals surface area (Å²) in [6.45, 7) is 7.99. The van der Waals surface area contributed by atoms with Gasteiger partial charge in [0.1, 0.15) is 12.6 Å². The molecule has 0 saturated carbocycles. The molecule has 0 bridgehead atoms. The third-order valence-corrected chi connectivity index (χ3v) is 4.65. The number of carbonyl (C=O) groups is 1. The lowest BCUT2D eigenvalue weighted by Gasteiger charge is -2.32. The Morgan fingerprint density at radius 1 is 1.32 bits per heavy atom. The van der Waals surface area contributed by atoms with Crippen LogP contribution in [0.1, 0.15) is 25.5 Å². The van der Waals surface area contributed by atoms with Crippen molar-refractivity contribution >= 4 is 17.7 Å². The van der Waals surface area contributed by atoms with E-state index >= 15 is 0 Å². The fraction of sp³-hybridized carbons (Fsp3) is 0.611. The van der Waals surface area contributed by atoms with Crippen molar-refractivity contribution in [2.75, 3.05) is 45.9 Å². The topological polar surface area (TPSA) is 63.4 Å². The normalized spacial score (nSPS) is 18.0. The molecule has 2 atom stereocenters. The van der Waals surface area contributed by atoms with E-state index in [1.165, 1.54) is 4.90 Å². The molecule has 0 aromatic heterocycles. The number of aliphatic hydroxyl groups excluding tert-OH is 1. The number of rotatable bonds is 7. The van der Waals surface area contributed by atoms with E-state index in [2.05, 4.69) is 0 Å². The molecule has 1 aromatic rings. The highest BCUT2D eigenvalue weighted by Gasteiger charge is 2.26. The fourth-order valence-electron chi connectivity index (χ4n) is 2.90. The number of quaternary nitrogens is 1. The highest BCUT2D eigenvalue weighted by molar-refractivity contribution is 6.30. The van der Waals surface area contributed by atoms with E-state index in [-0.39, 0.29) is 18.8 Å². The Balaban J connectivity index is 1.68. The Bertz CT molecular complexity index is 532. The summed E-state index contributed by atoms with van der Waals surface area (Å²) in [5.74, 6) is 0. The first kappa shape index (κ1) is 20.0. The van der Waals surface area contributed by atoms with Gasteiger partial charge in [-0.15, -0.1) is 0 Å². The Morgan fingerprint density at radius 2 is 1.96 bits per heavy atom. The van der Waals surface area contributed by atoms with Crippen molar-refractivity contribution in [1.82, 2.24) is 4.90 Å². The van der Waals surface area contributed by atoms with Crippen LogP contribution in [-0.4, -0.2) is 68.1 Å². The van der Waals surface area contributed by atoms with Gasteiger partial charge in [0.2, 0.25) is 0 Å². The Morgan fingerprint density at radius 3 is 2.56 bits per heavy atom. The van der Waals surface area contributed by atoms with Gasteiger partial charge in [-0.05, 0) is 31.5 Å². The Labute approximate surface area is 154 Å². The lowest BCUT2D eigenvalue weighted by atomic mass is 10.1. The van der Waals surface area contributed by atoms with Gasteiger partial charge >= 0.3 is 6.09 Å². The first-order valence-electron chi connectivity index (χ1n) is 8.80. The zero-order chi connectivity index (χ0) is 18.2. The van der Waals surface area contributed by atoms with E-state index in [1.54, 1.807) is 11.8 Å². The number of ether oxygens (including phenoxy) is 2. The maximum absolute atomic E-state index is 11.7. The lowest BCUT2D eigenvalue weighted by Crippen LogP contribution is -3.15. The van der Waals surface area contributed by atoms with Crippen LogP contribution in [0, 0.1) is 0 Å². The van der Waals surface area contributed by atoms with Gasteiger partial charge in [-0.2, -0.15) is 0 Å². The number of hydrogen-bond donors (Lipinski definition) is 2. The monoisotopic (exact) mass is 371 g/mol. The highest BCUT2D eigenvalue weighted by atomic mass is 35.5. The van der Waals surface area contributed by atoms with Gasteiger partial charge in [-0.25, -0.2) is 4.79 Å². The van der Waals surface area contributed by atoms with Gasteiger partial charge in [0.05, 0.1) is 45.5 Å². The summed E-state index contributed by atoms with van der Waals surface area (Å²) < 4.78 is 10.8. The van der Waals surface area contributed by atoms with Crippen molar-refractivity contribution in [2.45, 2.75) is 26.1 Å². The zero-order valence-corrected chi connectivity index (χ0v) is 15.7. The van der Waals surface area contributed by atoms with Crippen molar-refractivity contribution < 1.29 is 24.3 Å². The number of halogens is 1.